The zero-order valence-corrected chi connectivity index (χ0v) is 16.5. The van der Waals surface area contributed by atoms with E-state index in [4.69, 9.17) is 4.42 Å². The standard InChI is InChI=1S/C22H27N3O4/c26-20-18(21(27)23-12-17-8-5-11-29-17)13-25(16-9-10-16)14-19(20)22(28)24-15-6-3-1-2-4-7-15/h5,8,11,13-16H,1-4,6-7,9-10,12H2,(H,23,27)(H,24,28). The van der Waals surface area contributed by atoms with Crippen LogP contribution in [-0.2, 0) is 6.54 Å². The smallest absolute Gasteiger partial charge is 0.257 e. The van der Waals surface area contributed by atoms with Gasteiger partial charge in [-0.2, -0.15) is 0 Å². The van der Waals surface area contributed by atoms with Crippen LogP contribution in [0, 0.1) is 0 Å². The quantitative estimate of drug-likeness (QED) is 0.732. The molecular weight excluding hydrogens is 370 g/mol. The Balaban J connectivity index is 1.55. The number of nitrogens with zero attached hydrogens (tertiary/aromatic N) is 1. The Morgan fingerprint density at radius 2 is 1.69 bits per heavy atom. The molecule has 2 aromatic heterocycles. The van der Waals surface area contributed by atoms with Crippen LogP contribution in [0.2, 0.25) is 0 Å². The van der Waals surface area contributed by atoms with E-state index in [2.05, 4.69) is 10.6 Å². The zero-order valence-electron chi connectivity index (χ0n) is 16.5. The number of pyridine rings is 1. The van der Waals surface area contributed by atoms with Crippen LogP contribution in [-0.4, -0.2) is 22.4 Å². The van der Waals surface area contributed by atoms with Gasteiger partial charge in [0.25, 0.3) is 11.8 Å². The van der Waals surface area contributed by atoms with Crippen molar-refractivity contribution in [3.05, 3.63) is 57.9 Å². The van der Waals surface area contributed by atoms with Gasteiger partial charge in [0.2, 0.25) is 5.43 Å². The van der Waals surface area contributed by atoms with Gasteiger partial charge in [-0.15, -0.1) is 0 Å². The lowest BCUT2D eigenvalue weighted by Crippen LogP contribution is -2.39. The average molecular weight is 397 g/mol. The van der Waals surface area contributed by atoms with E-state index in [0.717, 1.165) is 38.5 Å². The van der Waals surface area contributed by atoms with Crippen LogP contribution >= 0.6 is 0 Å². The van der Waals surface area contributed by atoms with Crippen molar-refractivity contribution in [3.8, 4) is 0 Å². The van der Waals surface area contributed by atoms with Gasteiger partial charge in [0.1, 0.15) is 16.9 Å². The van der Waals surface area contributed by atoms with E-state index in [-0.39, 0.29) is 35.7 Å². The molecule has 0 saturated heterocycles. The molecule has 0 radical (unpaired) electrons. The summed E-state index contributed by atoms with van der Waals surface area (Å²) >= 11 is 0. The third-order valence-electron chi connectivity index (χ3n) is 5.70. The first-order valence-electron chi connectivity index (χ1n) is 10.5. The van der Waals surface area contributed by atoms with Gasteiger partial charge in [-0.3, -0.25) is 14.4 Å². The van der Waals surface area contributed by atoms with Crippen molar-refractivity contribution in [2.24, 2.45) is 0 Å². The number of aromatic nitrogens is 1. The SMILES string of the molecule is O=C(NCc1ccco1)c1cn(C2CC2)cc(C(=O)NC2CCCCCC2)c1=O. The zero-order chi connectivity index (χ0) is 20.2. The number of amides is 2. The number of furan rings is 1. The molecule has 7 heteroatoms. The summed E-state index contributed by atoms with van der Waals surface area (Å²) in [6, 6.07) is 3.83. The Morgan fingerprint density at radius 3 is 2.31 bits per heavy atom. The summed E-state index contributed by atoms with van der Waals surface area (Å²) in [6.07, 6.45) is 13.1. The van der Waals surface area contributed by atoms with E-state index >= 15 is 0 Å². The third-order valence-corrected chi connectivity index (χ3v) is 5.70. The number of carbonyl (C=O) groups excluding carboxylic acids is 2. The van der Waals surface area contributed by atoms with Crippen molar-refractivity contribution in [2.75, 3.05) is 0 Å². The van der Waals surface area contributed by atoms with Crippen molar-refractivity contribution in [2.45, 2.75) is 70.0 Å². The molecule has 7 nitrogen and oxygen atoms in total. The summed E-state index contributed by atoms with van der Waals surface area (Å²) < 4.78 is 7.06. The average Bonchev–Trinajstić information content (AvgIpc) is 3.49. The number of hydrogen-bond donors (Lipinski definition) is 2. The molecule has 0 aliphatic heterocycles. The Bertz CT molecular complexity index is 920. The molecule has 0 atom stereocenters. The van der Waals surface area contributed by atoms with Crippen molar-refractivity contribution in [1.29, 1.82) is 0 Å². The molecule has 2 aliphatic carbocycles. The number of hydrogen-bond acceptors (Lipinski definition) is 4. The van der Waals surface area contributed by atoms with Crippen LogP contribution in [0.15, 0.2) is 40.0 Å². The van der Waals surface area contributed by atoms with Gasteiger partial charge in [-0.1, -0.05) is 25.7 Å². The molecule has 2 amide bonds. The van der Waals surface area contributed by atoms with Gasteiger partial charge < -0.3 is 19.6 Å². The lowest BCUT2D eigenvalue weighted by molar-refractivity contribution is 0.0931. The van der Waals surface area contributed by atoms with Crippen LogP contribution in [0.4, 0.5) is 0 Å². The Labute approximate surface area is 169 Å². The fraction of sp³-hybridized carbons (Fsp3) is 0.500. The molecule has 154 valence electrons. The van der Waals surface area contributed by atoms with Gasteiger partial charge in [0.05, 0.1) is 12.8 Å². The minimum atomic E-state index is -0.523. The van der Waals surface area contributed by atoms with Crippen LogP contribution in [0.1, 0.15) is 83.9 Å². The highest BCUT2D eigenvalue weighted by atomic mass is 16.3. The van der Waals surface area contributed by atoms with Crippen molar-refractivity contribution >= 4 is 11.8 Å². The molecule has 0 spiro atoms. The maximum atomic E-state index is 13.0. The van der Waals surface area contributed by atoms with Gasteiger partial charge in [-0.25, -0.2) is 0 Å². The number of nitrogens with one attached hydrogen (secondary N) is 2. The summed E-state index contributed by atoms with van der Waals surface area (Å²) in [5.41, 5.74) is -0.478. The Kier molecular flexibility index (Phi) is 5.83. The van der Waals surface area contributed by atoms with Gasteiger partial charge in [-0.05, 0) is 37.8 Å². The first kappa shape index (κ1) is 19.5. The first-order chi connectivity index (χ1) is 14.1. The lowest BCUT2D eigenvalue weighted by Gasteiger charge is -2.17. The normalized spacial score (nSPS) is 17.5. The maximum absolute atomic E-state index is 13.0. The van der Waals surface area contributed by atoms with Crippen LogP contribution < -0.4 is 16.1 Å². The van der Waals surface area contributed by atoms with E-state index in [1.54, 1.807) is 24.5 Å². The van der Waals surface area contributed by atoms with Crippen LogP contribution in [0.5, 0.6) is 0 Å². The monoisotopic (exact) mass is 397 g/mol. The molecule has 2 N–H and O–H groups in total. The van der Waals surface area contributed by atoms with E-state index in [1.807, 2.05) is 4.57 Å². The van der Waals surface area contributed by atoms with Gasteiger partial charge in [0, 0.05) is 24.5 Å². The molecule has 0 unspecified atom stereocenters. The maximum Gasteiger partial charge on any atom is 0.257 e. The van der Waals surface area contributed by atoms with E-state index in [9.17, 15) is 14.4 Å². The van der Waals surface area contributed by atoms with E-state index in [0.29, 0.717) is 5.76 Å². The Hall–Kier alpha value is -2.83. The van der Waals surface area contributed by atoms with Crippen molar-refractivity contribution < 1.29 is 14.0 Å². The van der Waals surface area contributed by atoms with E-state index < -0.39 is 11.3 Å². The Morgan fingerprint density at radius 1 is 1.00 bits per heavy atom. The minimum Gasteiger partial charge on any atom is -0.467 e. The van der Waals surface area contributed by atoms with Gasteiger partial charge >= 0.3 is 0 Å². The van der Waals surface area contributed by atoms with Crippen LogP contribution in [0.3, 0.4) is 0 Å². The predicted molar refractivity (Wildman–Crippen MR) is 108 cm³/mol. The third kappa shape index (κ3) is 4.78. The van der Waals surface area contributed by atoms with E-state index in [1.165, 1.54) is 19.1 Å². The summed E-state index contributed by atoms with van der Waals surface area (Å²) in [5.74, 6) is -0.273. The second kappa shape index (κ2) is 8.68. The minimum absolute atomic E-state index is 0.00280. The second-order valence-corrected chi connectivity index (χ2v) is 8.02. The molecule has 29 heavy (non-hydrogen) atoms. The summed E-state index contributed by atoms with van der Waals surface area (Å²) in [6.45, 7) is 0.188. The first-order valence-corrected chi connectivity index (χ1v) is 10.5. The fourth-order valence-electron chi connectivity index (χ4n) is 3.87. The largest absolute Gasteiger partial charge is 0.467 e. The number of rotatable bonds is 6. The van der Waals surface area contributed by atoms with Crippen molar-refractivity contribution in [3.63, 3.8) is 0 Å². The molecule has 2 aromatic rings. The highest BCUT2D eigenvalue weighted by Crippen LogP contribution is 2.34. The van der Waals surface area contributed by atoms with Gasteiger partial charge in [0.15, 0.2) is 0 Å². The summed E-state index contributed by atoms with van der Waals surface area (Å²) in [5, 5.41) is 5.73. The summed E-state index contributed by atoms with van der Waals surface area (Å²) in [7, 11) is 0. The molecule has 2 heterocycles. The molecule has 2 fully saturated rings. The molecule has 0 aromatic carbocycles. The molecule has 0 bridgehead atoms. The lowest BCUT2D eigenvalue weighted by atomic mass is 10.1. The summed E-state index contributed by atoms with van der Waals surface area (Å²) in [4.78, 5) is 38.5. The molecule has 2 saturated carbocycles. The molecule has 2 aliphatic rings. The molecule has 4 rings (SSSR count). The predicted octanol–water partition coefficient (Wildman–Crippen LogP) is 3.16. The van der Waals surface area contributed by atoms with Crippen LogP contribution in [0.25, 0.3) is 0 Å². The highest BCUT2D eigenvalue weighted by molar-refractivity contribution is 5.99. The van der Waals surface area contributed by atoms with Crippen molar-refractivity contribution in [1.82, 2.24) is 15.2 Å². The fourth-order valence-corrected chi connectivity index (χ4v) is 3.87. The topological polar surface area (TPSA) is 93.3 Å². The molecular formula is C22H27N3O4. The highest BCUT2D eigenvalue weighted by Gasteiger charge is 2.27. The number of carbonyl (C=O) groups is 2. The second-order valence-electron chi connectivity index (χ2n) is 8.02.